The van der Waals surface area contributed by atoms with E-state index < -0.39 is 5.41 Å². The Morgan fingerprint density at radius 1 is 1.41 bits per heavy atom. The summed E-state index contributed by atoms with van der Waals surface area (Å²) in [5.74, 6) is -0.153. The molecule has 0 amide bonds. The molecule has 3 heteroatoms. The molecule has 0 aromatic rings. The van der Waals surface area contributed by atoms with Crippen LogP contribution in [0, 0.1) is 5.41 Å². The number of Topliss-reactive ketones (excluding diaryl/α,β-unsaturated/α-hetero) is 1. The normalized spacial score (nSPS) is 23.3. The van der Waals surface area contributed by atoms with Crippen LogP contribution in [-0.4, -0.2) is 18.9 Å². The average molecular weight is 304 g/mol. The second kappa shape index (κ2) is 8.11. The van der Waals surface area contributed by atoms with Crippen LogP contribution in [0.3, 0.4) is 0 Å². The van der Waals surface area contributed by atoms with Gasteiger partial charge in [-0.2, -0.15) is 0 Å². The van der Waals surface area contributed by atoms with Crippen LogP contribution in [0.25, 0.3) is 0 Å². The zero-order valence-electron chi connectivity index (χ0n) is 14.5. The van der Waals surface area contributed by atoms with Crippen LogP contribution in [0.5, 0.6) is 0 Å². The van der Waals surface area contributed by atoms with Gasteiger partial charge in [0.15, 0.2) is 5.78 Å². The number of carbonyl (C=O) groups excluding carboxylic acids is 2. The Balaban J connectivity index is 3.09. The smallest absolute Gasteiger partial charge is 0.316 e. The summed E-state index contributed by atoms with van der Waals surface area (Å²) in [5, 5.41) is 0. The van der Waals surface area contributed by atoms with Gasteiger partial charge in [-0.15, -0.1) is 0 Å². The van der Waals surface area contributed by atoms with Crippen LogP contribution in [0.1, 0.15) is 59.8 Å². The molecule has 0 aromatic heterocycles. The molecule has 0 radical (unpaired) electrons. The van der Waals surface area contributed by atoms with Crippen LogP contribution < -0.4 is 0 Å². The maximum atomic E-state index is 12.2. The van der Waals surface area contributed by atoms with Crippen LogP contribution >= 0.6 is 0 Å². The van der Waals surface area contributed by atoms with Crippen LogP contribution in [0.15, 0.2) is 34.9 Å². The fourth-order valence-electron chi connectivity index (χ4n) is 2.81. The third kappa shape index (κ3) is 4.19. The van der Waals surface area contributed by atoms with Gasteiger partial charge < -0.3 is 4.74 Å². The van der Waals surface area contributed by atoms with Crippen molar-refractivity contribution in [1.29, 1.82) is 0 Å². The van der Waals surface area contributed by atoms with Crippen LogP contribution in [-0.2, 0) is 14.3 Å². The van der Waals surface area contributed by atoms with Crippen molar-refractivity contribution in [3.63, 3.8) is 0 Å². The van der Waals surface area contributed by atoms with Gasteiger partial charge in [0.2, 0.25) is 0 Å². The molecule has 1 aliphatic rings. The summed E-state index contributed by atoms with van der Waals surface area (Å²) in [6.07, 6.45) is 10.4. The predicted molar refractivity (Wildman–Crippen MR) is 89.5 cm³/mol. The Morgan fingerprint density at radius 3 is 2.68 bits per heavy atom. The SMILES string of the molecule is CCCCC=C(C)C=CC1=C(C)C(=O)CCC1(C)C(=O)OC. The first-order valence-electron chi connectivity index (χ1n) is 8.04. The number of hydrogen-bond donors (Lipinski definition) is 0. The molecule has 1 aliphatic carbocycles. The van der Waals surface area contributed by atoms with E-state index in [0.717, 1.165) is 17.6 Å². The van der Waals surface area contributed by atoms with E-state index in [4.69, 9.17) is 4.74 Å². The highest BCUT2D eigenvalue weighted by Gasteiger charge is 2.42. The first-order valence-corrected chi connectivity index (χ1v) is 8.04. The lowest BCUT2D eigenvalue weighted by Gasteiger charge is -2.33. The molecular formula is C19H28O3. The largest absolute Gasteiger partial charge is 0.468 e. The van der Waals surface area contributed by atoms with E-state index in [1.54, 1.807) is 6.92 Å². The molecular weight excluding hydrogens is 276 g/mol. The number of allylic oxidation sites excluding steroid dienone is 5. The number of ketones is 1. The molecule has 0 bridgehead atoms. The summed E-state index contributed by atoms with van der Waals surface area (Å²) in [6.45, 7) is 7.88. The van der Waals surface area contributed by atoms with Crippen molar-refractivity contribution in [2.24, 2.45) is 5.41 Å². The molecule has 0 saturated heterocycles. The molecule has 1 rings (SSSR count). The van der Waals surface area contributed by atoms with Gasteiger partial charge in [0, 0.05) is 6.42 Å². The Kier molecular flexibility index (Phi) is 6.79. The summed E-state index contributed by atoms with van der Waals surface area (Å²) in [7, 11) is 1.40. The van der Waals surface area contributed by atoms with E-state index in [2.05, 4.69) is 13.0 Å². The van der Waals surface area contributed by atoms with Crippen molar-refractivity contribution < 1.29 is 14.3 Å². The second-order valence-corrected chi connectivity index (χ2v) is 6.21. The van der Waals surface area contributed by atoms with E-state index >= 15 is 0 Å². The van der Waals surface area contributed by atoms with Crippen LogP contribution in [0.4, 0.5) is 0 Å². The third-order valence-electron chi connectivity index (χ3n) is 4.44. The second-order valence-electron chi connectivity index (χ2n) is 6.21. The van der Waals surface area contributed by atoms with Crippen molar-refractivity contribution in [3.8, 4) is 0 Å². The molecule has 0 aromatic carbocycles. The highest BCUT2D eigenvalue weighted by atomic mass is 16.5. The number of esters is 1. The minimum Gasteiger partial charge on any atom is -0.468 e. The summed E-state index contributed by atoms with van der Waals surface area (Å²) in [6, 6.07) is 0. The highest BCUT2D eigenvalue weighted by molar-refractivity contribution is 6.00. The van der Waals surface area contributed by atoms with Gasteiger partial charge >= 0.3 is 5.97 Å². The van der Waals surface area contributed by atoms with Crippen molar-refractivity contribution in [1.82, 2.24) is 0 Å². The zero-order valence-corrected chi connectivity index (χ0v) is 14.5. The molecule has 22 heavy (non-hydrogen) atoms. The Hall–Kier alpha value is -1.64. The minimum atomic E-state index is -0.729. The average Bonchev–Trinajstić information content (AvgIpc) is 2.50. The molecule has 1 unspecified atom stereocenters. The van der Waals surface area contributed by atoms with E-state index in [9.17, 15) is 9.59 Å². The Labute approximate surface area is 134 Å². The fourth-order valence-corrected chi connectivity index (χ4v) is 2.81. The van der Waals surface area contributed by atoms with E-state index in [1.807, 2.05) is 26.0 Å². The Morgan fingerprint density at radius 2 is 2.09 bits per heavy atom. The molecule has 0 spiro atoms. The van der Waals surface area contributed by atoms with E-state index in [-0.39, 0.29) is 11.8 Å². The van der Waals surface area contributed by atoms with Gasteiger partial charge in [-0.25, -0.2) is 0 Å². The molecule has 122 valence electrons. The number of unbranched alkanes of at least 4 members (excludes halogenated alkanes) is 2. The summed E-state index contributed by atoms with van der Waals surface area (Å²) in [5.41, 5.74) is 1.89. The molecule has 0 N–H and O–H groups in total. The lowest BCUT2D eigenvalue weighted by atomic mass is 9.70. The first-order chi connectivity index (χ1) is 10.4. The molecule has 0 heterocycles. The molecule has 3 nitrogen and oxygen atoms in total. The van der Waals surface area contributed by atoms with Crippen molar-refractivity contribution in [3.05, 3.63) is 34.9 Å². The van der Waals surface area contributed by atoms with Crippen molar-refractivity contribution >= 4 is 11.8 Å². The molecule has 0 aliphatic heterocycles. The standard InChI is InChI=1S/C19H28O3/c1-6-7-8-9-14(2)10-11-16-15(3)17(20)12-13-19(16,4)18(21)22-5/h9-11H,6-8,12-13H2,1-5H3. The number of hydrogen-bond acceptors (Lipinski definition) is 3. The van der Waals surface area contributed by atoms with Gasteiger partial charge in [-0.05, 0) is 44.8 Å². The number of carbonyl (C=O) groups is 2. The van der Waals surface area contributed by atoms with Gasteiger partial charge in [-0.1, -0.05) is 43.6 Å². The maximum Gasteiger partial charge on any atom is 0.316 e. The highest BCUT2D eigenvalue weighted by Crippen LogP contribution is 2.41. The summed E-state index contributed by atoms with van der Waals surface area (Å²) >= 11 is 0. The number of rotatable bonds is 6. The third-order valence-corrected chi connectivity index (χ3v) is 4.44. The molecule has 0 saturated carbocycles. The van der Waals surface area contributed by atoms with E-state index in [1.165, 1.54) is 20.0 Å². The number of ether oxygens (including phenoxy) is 1. The lowest BCUT2D eigenvalue weighted by molar-refractivity contribution is -0.150. The zero-order chi connectivity index (χ0) is 16.8. The molecule has 1 atom stereocenters. The monoisotopic (exact) mass is 304 g/mol. The summed E-state index contributed by atoms with van der Waals surface area (Å²) in [4.78, 5) is 24.2. The summed E-state index contributed by atoms with van der Waals surface area (Å²) < 4.78 is 4.96. The maximum absolute atomic E-state index is 12.2. The Bertz CT molecular complexity index is 523. The lowest BCUT2D eigenvalue weighted by Crippen LogP contribution is -2.35. The van der Waals surface area contributed by atoms with Crippen LogP contribution in [0.2, 0.25) is 0 Å². The van der Waals surface area contributed by atoms with E-state index in [0.29, 0.717) is 18.4 Å². The van der Waals surface area contributed by atoms with Crippen molar-refractivity contribution in [2.45, 2.75) is 59.8 Å². The fraction of sp³-hybridized carbons (Fsp3) is 0.579. The predicted octanol–water partition coefficient (Wildman–Crippen LogP) is 4.54. The molecule has 0 fully saturated rings. The first kappa shape index (κ1) is 18.4. The van der Waals surface area contributed by atoms with Gasteiger partial charge in [0.05, 0.1) is 12.5 Å². The number of methoxy groups -OCH3 is 1. The van der Waals surface area contributed by atoms with Gasteiger partial charge in [0.25, 0.3) is 0 Å². The topological polar surface area (TPSA) is 43.4 Å². The van der Waals surface area contributed by atoms with Gasteiger partial charge in [-0.3, -0.25) is 9.59 Å². The quantitative estimate of drug-likeness (QED) is 0.411. The minimum absolute atomic E-state index is 0.119. The van der Waals surface area contributed by atoms with Gasteiger partial charge in [0.1, 0.15) is 0 Å². The van der Waals surface area contributed by atoms with Crippen molar-refractivity contribution in [2.75, 3.05) is 7.11 Å².